The van der Waals surface area contributed by atoms with Gasteiger partial charge in [0.1, 0.15) is 17.3 Å². The van der Waals surface area contributed by atoms with Crippen molar-refractivity contribution < 1.29 is 18.7 Å². The lowest BCUT2D eigenvalue weighted by Gasteiger charge is -2.31. The summed E-state index contributed by atoms with van der Waals surface area (Å²) < 4.78 is 26.8. The summed E-state index contributed by atoms with van der Waals surface area (Å²) in [4.78, 5) is 11.8. The lowest BCUT2D eigenvalue weighted by Crippen LogP contribution is -2.40. The summed E-state index contributed by atoms with van der Waals surface area (Å²) in [6.45, 7) is 4.33. The van der Waals surface area contributed by atoms with Crippen molar-refractivity contribution in [2.45, 2.75) is 33.1 Å². The van der Waals surface area contributed by atoms with Crippen LogP contribution in [-0.4, -0.2) is 24.3 Å². The highest BCUT2D eigenvalue weighted by Gasteiger charge is 2.26. The number of halogens is 2. The van der Waals surface area contributed by atoms with Crippen LogP contribution in [0.25, 0.3) is 0 Å². The van der Waals surface area contributed by atoms with E-state index in [2.05, 4.69) is 10.6 Å². The average Bonchev–Trinajstić information content (AvgIpc) is 2.47. The lowest BCUT2D eigenvalue weighted by atomic mass is 9.79. The van der Waals surface area contributed by atoms with Gasteiger partial charge in [-0.2, -0.15) is 0 Å². The quantitative estimate of drug-likeness (QED) is 0.723. The Morgan fingerprint density at radius 1 is 1.24 bits per heavy atom. The van der Waals surface area contributed by atoms with Crippen molar-refractivity contribution in [3.63, 3.8) is 0 Å². The third-order valence-electron chi connectivity index (χ3n) is 3.97. The fourth-order valence-electron chi connectivity index (χ4n) is 2.22. The molecule has 118 valence electrons. The number of carbonyl (C=O) groups excluding carboxylic acids is 1. The van der Waals surface area contributed by atoms with Crippen molar-refractivity contribution in [2.75, 3.05) is 18.5 Å². The van der Waals surface area contributed by atoms with E-state index in [1.54, 1.807) is 0 Å². The van der Waals surface area contributed by atoms with Gasteiger partial charge in [-0.1, -0.05) is 19.9 Å². The van der Waals surface area contributed by atoms with E-state index in [4.69, 9.17) is 5.11 Å². The third kappa shape index (κ3) is 4.67. The Balaban J connectivity index is 2.65. The molecule has 0 aliphatic heterocycles. The number of anilines is 1. The van der Waals surface area contributed by atoms with Crippen molar-refractivity contribution >= 4 is 11.7 Å². The maximum atomic E-state index is 13.4. The predicted octanol–water partition coefficient (Wildman–Crippen LogP) is 3.28. The van der Waals surface area contributed by atoms with Gasteiger partial charge in [-0.3, -0.25) is 0 Å². The number of aliphatic hydroxyl groups is 1. The first-order chi connectivity index (χ1) is 9.98. The van der Waals surface area contributed by atoms with Crippen LogP contribution in [0.5, 0.6) is 0 Å². The highest BCUT2D eigenvalue weighted by Crippen LogP contribution is 2.29. The number of benzene rings is 1. The van der Waals surface area contributed by atoms with Crippen LogP contribution in [0.2, 0.25) is 0 Å². The van der Waals surface area contributed by atoms with Gasteiger partial charge in [0.2, 0.25) is 0 Å². The van der Waals surface area contributed by atoms with Gasteiger partial charge < -0.3 is 15.7 Å². The monoisotopic (exact) mass is 300 g/mol. The molecule has 4 nitrogen and oxygen atoms in total. The maximum Gasteiger partial charge on any atom is 0.319 e. The molecule has 0 atom stereocenters. The third-order valence-corrected chi connectivity index (χ3v) is 3.97. The molecule has 1 rings (SSSR count). The standard InChI is InChI=1S/C15H22F2N2O2/c1-3-15(4-2,8-9-20)10-18-14(21)19-13-11(16)6-5-7-12(13)17/h5-7,20H,3-4,8-10H2,1-2H3,(H2,18,19,21). The van der Waals surface area contributed by atoms with Crippen LogP contribution < -0.4 is 10.6 Å². The number of hydrogen-bond acceptors (Lipinski definition) is 2. The molecule has 1 aromatic carbocycles. The van der Waals surface area contributed by atoms with E-state index in [-0.39, 0.29) is 12.0 Å². The van der Waals surface area contributed by atoms with E-state index in [1.165, 1.54) is 6.07 Å². The largest absolute Gasteiger partial charge is 0.396 e. The maximum absolute atomic E-state index is 13.4. The second-order valence-corrected chi connectivity index (χ2v) is 5.09. The zero-order valence-electron chi connectivity index (χ0n) is 12.4. The van der Waals surface area contributed by atoms with Gasteiger partial charge in [-0.05, 0) is 36.8 Å². The van der Waals surface area contributed by atoms with Gasteiger partial charge in [0.05, 0.1) is 0 Å². The van der Waals surface area contributed by atoms with E-state index < -0.39 is 23.4 Å². The van der Waals surface area contributed by atoms with Gasteiger partial charge in [-0.25, -0.2) is 13.6 Å². The zero-order valence-corrected chi connectivity index (χ0v) is 12.4. The molecule has 3 N–H and O–H groups in total. The van der Waals surface area contributed by atoms with Crippen molar-refractivity contribution in [3.05, 3.63) is 29.8 Å². The highest BCUT2D eigenvalue weighted by molar-refractivity contribution is 5.89. The van der Waals surface area contributed by atoms with Gasteiger partial charge in [0.15, 0.2) is 0 Å². The number of aliphatic hydroxyl groups excluding tert-OH is 1. The zero-order chi connectivity index (χ0) is 15.9. The van der Waals surface area contributed by atoms with Crippen LogP contribution in [0, 0.1) is 17.0 Å². The molecule has 0 radical (unpaired) electrons. The van der Waals surface area contributed by atoms with Crippen LogP contribution in [-0.2, 0) is 0 Å². The summed E-state index contributed by atoms with van der Waals surface area (Å²) in [6, 6.07) is 2.72. The van der Waals surface area contributed by atoms with Gasteiger partial charge in [0.25, 0.3) is 0 Å². The fourth-order valence-corrected chi connectivity index (χ4v) is 2.22. The molecule has 0 aliphatic rings. The number of rotatable bonds is 7. The Labute approximate surface area is 123 Å². The number of carbonyl (C=O) groups is 1. The molecule has 2 amide bonds. The molecule has 6 heteroatoms. The van der Waals surface area contributed by atoms with Crippen LogP contribution in [0.3, 0.4) is 0 Å². The van der Waals surface area contributed by atoms with E-state index >= 15 is 0 Å². The molecule has 0 unspecified atom stereocenters. The molecule has 0 saturated carbocycles. The summed E-state index contributed by atoms with van der Waals surface area (Å²) in [7, 11) is 0. The first-order valence-electron chi connectivity index (χ1n) is 7.07. The Morgan fingerprint density at radius 3 is 2.29 bits per heavy atom. The molecule has 0 saturated heterocycles. The minimum atomic E-state index is -0.822. The second-order valence-electron chi connectivity index (χ2n) is 5.09. The van der Waals surface area contributed by atoms with Gasteiger partial charge in [0, 0.05) is 13.2 Å². The molecular weight excluding hydrogens is 278 g/mol. The number of para-hydroxylation sites is 1. The summed E-state index contributed by atoms with van der Waals surface area (Å²) in [6.07, 6.45) is 2.14. The lowest BCUT2D eigenvalue weighted by molar-refractivity contribution is 0.165. The van der Waals surface area contributed by atoms with Gasteiger partial charge in [-0.15, -0.1) is 0 Å². The van der Waals surface area contributed by atoms with Crippen molar-refractivity contribution in [2.24, 2.45) is 5.41 Å². The summed E-state index contributed by atoms with van der Waals surface area (Å²) in [5.41, 5.74) is -0.671. The van der Waals surface area contributed by atoms with E-state index in [9.17, 15) is 13.6 Å². The average molecular weight is 300 g/mol. The molecule has 21 heavy (non-hydrogen) atoms. The normalized spacial score (nSPS) is 11.3. The number of nitrogens with one attached hydrogen (secondary N) is 2. The van der Waals surface area contributed by atoms with E-state index in [1.807, 2.05) is 13.8 Å². The SMILES string of the molecule is CCC(CC)(CCO)CNC(=O)Nc1c(F)cccc1F. The molecule has 0 aromatic heterocycles. The molecule has 0 bridgehead atoms. The summed E-state index contributed by atoms with van der Waals surface area (Å²) >= 11 is 0. The first kappa shape index (κ1) is 17.4. The van der Waals surface area contributed by atoms with Gasteiger partial charge >= 0.3 is 6.03 Å². The predicted molar refractivity (Wildman–Crippen MR) is 78.1 cm³/mol. The van der Waals surface area contributed by atoms with Crippen LogP contribution in [0.4, 0.5) is 19.3 Å². The Kier molecular flexibility index (Phi) is 6.55. The van der Waals surface area contributed by atoms with Crippen LogP contribution in [0.1, 0.15) is 33.1 Å². The summed E-state index contributed by atoms with van der Waals surface area (Å²) in [5, 5.41) is 13.9. The first-order valence-corrected chi connectivity index (χ1v) is 7.07. The minimum absolute atomic E-state index is 0.0346. The van der Waals surface area contributed by atoms with Crippen LogP contribution in [0.15, 0.2) is 18.2 Å². The molecule has 0 fully saturated rings. The highest BCUT2D eigenvalue weighted by atomic mass is 19.1. The smallest absolute Gasteiger partial charge is 0.319 e. The molecule has 0 aliphatic carbocycles. The minimum Gasteiger partial charge on any atom is -0.396 e. The second kappa shape index (κ2) is 7.93. The van der Waals surface area contributed by atoms with E-state index in [0.717, 1.165) is 25.0 Å². The van der Waals surface area contributed by atoms with Crippen molar-refractivity contribution in [1.82, 2.24) is 5.32 Å². The van der Waals surface area contributed by atoms with Crippen molar-refractivity contribution in [3.8, 4) is 0 Å². The molecule has 0 spiro atoms. The Morgan fingerprint density at radius 2 is 1.81 bits per heavy atom. The van der Waals surface area contributed by atoms with Crippen molar-refractivity contribution in [1.29, 1.82) is 0 Å². The summed E-state index contributed by atoms with van der Waals surface area (Å²) in [5.74, 6) is -1.64. The molecule has 1 aromatic rings. The number of urea groups is 1. The topological polar surface area (TPSA) is 61.4 Å². The number of amides is 2. The Bertz CT molecular complexity index is 456. The molecule has 0 heterocycles. The molecular formula is C15H22F2N2O2. The number of hydrogen-bond donors (Lipinski definition) is 3. The Hall–Kier alpha value is -1.69. The van der Waals surface area contributed by atoms with Crippen LogP contribution >= 0.6 is 0 Å². The van der Waals surface area contributed by atoms with E-state index in [0.29, 0.717) is 13.0 Å². The fraction of sp³-hybridized carbons (Fsp3) is 0.533.